The number of carbonyl (C=O) groups is 1. The van der Waals surface area contributed by atoms with E-state index >= 15 is 0 Å². The van der Waals surface area contributed by atoms with E-state index in [0.717, 1.165) is 36.7 Å². The molecule has 3 aromatic rings. The topological polar surface area (TPSA) is 75.7 Å². The lowest BCUT2D eigenvalue weighted by Gasteiger charge is -2.31. The second-order valence-corrected chi connectivity index (χ2v) is 6.59. The molecule has 1 N–H and O–H groups in total. The van der Waals surface area contributed by atoms with Crippen LogP contribution >= 0.6 is 11.6 Å². The van der Waals surface area contributed by atoms with E-state index in [9.17, 15) is 4.79 Å². The number of furan rings is 1. The van der Waals surface area contributed by atoms with E-state index in [1.54, 1.807) is 18.5 Å². The monoisotopic (exact) mass is 359 g/mol. The van der Waals surface area contributed by atoms with Crippen LogP contribution in [0.2, 0.25) is 5.02 Å². The van der Waals surface area contributed by atoms with E-state index in [0.29, 0.717) is 18.1 Å². The van der Waals surface area contributed by atoms with Crippen molar-refractivity contribution >= 4 is 29.1 Å². The number of pyridine rings is 1. The second-order valence-electron chi connectivity index (χ2n) is 6.16. The average Bonchev–Trinajstić information content (AvgIpc) is 3.29. The third-order valence-corrected chi connectivity index (χ3v) is 4.66. The van der Waals surface area contributed by atoms with Crippen LogP contribution in [0.5, 0.6) is 0 Å². The predicted octanol–water partition coefficient (Wildman–Crippen LogP) is 2.51. The highest BCUT2D eigenvalue weighted by Gasteiger charge is 2.28. The number of rotatable bonds is 4. The Balaban J connectivity index is 1.46. The van der Waals surface area contributed by atoms with Gasteiger partial charge in [-0.1, -0.05) is 11.6 Å². The van der Waals surface area contributed by atoms with E-state index in [1.807, 2.05) is 22.6 Å². The highest BCUT2D eigenvalue weighted by Crippen LogP contribution is 2.23. The van der Waals surface area contributed by atoms with Gasteiger partial charge in [0, 0.05) is 19.3 Å². The molecule has 1 amide bonds. The van der Waals surface area contributed by atoms with Crippen molar-refractivity contribution < 1.29 is 9.21 Å². The molecule has 4 rings (SSSR count). The smallest absolute Gasteiger partial charge is 0.231 e. The van der Waals surface area contributed by atoms with Crippen LogP contribution in [0.4, 0.5) is 5.95 Å². The van der Waals surface area contributed by atoms with Gasteiger partial charge in [0.05, 0.1) is 23.7 Å². The van der Waals surface area contributed by atoms with Gasteiger partial charge in [-0.15, -0.1) is 10.2 Å². The molecule has 0 aliphatic carbocycles. The van der Waals surface area contributed by atoms with Gasteiger partial charge in [0.2, 0.25) is 11.9 Å². The molecule has 1 aliphatic rings. The van der Waals surface area contributed by atoms with E-state index in [1.165, 1.54) is 0 Å². The summed E-state index contributed by atoms with van der Waals surface area (Å²) < 4.78 is 7.12. The standard InChI is InChI=1S/C17H18ClN5O2/c18-13-5-6-15-20-21-17(23(15)11-13)22-7-1-3-12(10-22)16(24)19-9-14-4-2-8-25-14/h2,4-6,8,11-12H,1,3,7,9-10H2,(H,19,24)/t12-/m1/s1. The van der Waals surface area contributed by atoms with Crippen molar-refractivity contribution in [3.8, 4) is 0 Å². The highest BCUT2D eigenvalue weighted by molar-refractivity contribution is 6.30. The Bertz CT molecular complexity index is 876. The normalized spacial score (nSPS) is 17.8. The number of carbonyl (C=O) groups excluding carboxylic acids is 1. The average molecular weight is 360 g/mol. The van der Waals surface area contributed by atoms with Gasteiger partial charge < -0.3 is 14.6 Å². The summed E-state index contributed by atoms with van der Waals surface area (Å²) in [5, 5.41) is 12.0. The van der Waals surface area contributed by atoms with Gasteiger partial charge in [-0.3, -0.25) is 9.20 Å². The molecule has 1 fully saturated rings. The Hall–Kier alpha value is -2.54. The lowest BCUT2D eigenvalue weighted by Crippen LogP contribution is -2.43. The first-order chi connectivity index (χ1) is 12.2. The van der Waals surface area contributed by atoms with E-state index in [2.05, 4.69) is 20.4 Å². The zero-order chi connectivity index (χ0) is 17.2. The molecular formula is C17H18ClN5O2. The molecule has 0 radical (unpaired) electrons. The van der Waals surface area contributed by atoms with Gasteiger partial charge in [0.25, 0.3) is 0 Å². The SMILES string of the molecule is O=C(NCc1ccco1)[C@@H]1CCCN(c2nnc3ccc(Cl)cn23)C1. The van der Waals surface area contributed by atoms with Crippen molar-refractivity contribution in [2.45, 2.75) is 19.4 Å². The molecule has 7 nitrogen and oxygen atoms in total. The lowest BCUT2D eigenvalue weighted by molar-refractivity contribution is -0.125. The maximum Gasteiger partial charge on any atom is 0.231 e. The minimum Gasteiger partial charge on any atom is -0.467 e. The number of fused-ring (bicyclic) bond motifs is 1. The molecule has 3 aromatic heterocycles. The van der Waals surface area contributed by atoms with Crippen LogP contribution < -0.4 is 10.2 Å². The van der Waals surface area contributed by atoms with E-state index < -0.39 is 0 Å². The van der Waals surface area contributed by atoms with Crippen LogP contribution in [0.3, 0.4) is 0 Å². The number of anilines is 1. The fourth-order valence-corrected chi connectivity index (χ4v) is 3.33. The largest absolute Gasteiger partial charge is 0.467 e. The number of amides is 1. The molecule has 0 aromatic carbocycles. The molecule has 130 valence electrons. The van der Waals surface area contributed by atoms with Crippen LogP contribution in [-0.2, 0) is 11.3 Å². The number of hydrogen-bond donors (Lipinski definition) is 1. The second kappa shape index (κ2) is 6.76. The first kappa shape index (κ1) is 16.0. The molecule has 1 saturated heterocycles. The summed E-state index contributed by atoms with van der Waals surface area (Å²) in [5.41, 5.74) is 0.740. The molecule has 1 aliphatic heterocycles. The van der Waals surface area contributed by atoms with Crippen molar-refractivity contribution in [3.05, 3.63) is 47.5 Å². The molecule has 0 bridgehead atoms. The maximum absolute atomic E-state index is 12.5. The number of aromatic nitrogens is 3. The fourth-order valence-electron chi connectivity index (χ4n) is 3.17. The molecule has 4 heterocycles. The van der Waals surface area contributed by atoms with Gasteiger partial charge in [-0.25, -0.2) is 0 Å². The van der Waals surface area contributed by atoms with E-state index in [-0.39, 0.29) is 11.8 Å². The number of hydrogen-bond acceptors (Lipinski definition) is 5. The maximum atomic E-state index is 12.5. The van der Waals surface area contributed by atoms with Crippen molar-refractivity contribution in [2.24, 2.45) is 5.92 Å². The van der Waals surface area contributed by atoms with Crippen molar-refractivity contribution in [2.75, 3.05) is 18.0 Å². The number of nitrogens with one attached hydrogen (secondary N) is 1. The first-order valence-electron chi connectivity index (χ1n) is 8.26. The molecule has 1 atom stereocenters. The molecule has 0 spiro atoms. The van der Waals surface area contributed by atoms with Crippen molar-refractivity contribution in [3.63, 3.8) is 0 Å². The van der Waals surface area contributed by atoms with Crippen LogP contribution in [0.15, 0.2) is 41.1 Å². The summed E-state index contributed by atoms with van der Waals surface area (Å²) in [6.07, 6.45) is 5.19. The first-order valence-corrected chi connectivity index (χ1v) is 8.64. The summed E-state index contributed by atoms with van der Waals surface area (Å²) in [7, 11) is 0. The van der Waals surface area contributed by atoms with Crippen LogP contribution in [0, 0.1) is 5.92 Å². The summed E-state index contributed by atoms with van der Waals surface area (Å²) in [6.45, 7) is 1.86. The molecule has 8 heteroatoms. The Morgan fingerprint density at radius 3 is 3.12 bits per heavy atom. The minimum atomic E-state index is -0.0877. The fraction of sp³-hybridized carbons (Fsp3) is 0.353. The summed E-state index contributed by atoms with van der Waals surface area (Å²) >= 11 is 6.09. The number of nitrogens with zero attached hydrogens (tertiary/aromatic N) is 4. The summed E-state index contributed by atoms with van der Waals surface area (Å²) in [4.78, 5) is 14.6. The molecule has 25 heavy (non-hydrogen) atoms. The van der Waals surface area contributed by atoms with Crippen LogP contribution in [0.1, 0.15) is 18.6 Å². The molecule has 0 unspecified atom stereocenters. The zero-order valence-corrected chi connectivity index (χ0v) is 14.3. The highest BCUT2D eigenvalue weighted by atomic mass is 35.5. The van der Waals surface area contributed by atoms with Gasteiger partial charge in [0.1, 0.15) is 5.76 Å². The Morgan fingerprint density at radius 2 is 2.28 bits per heavy atom. The van der Waals surface area contributed by atoms with Gasteiger partial charge in [-0.2, -0.15) is 0 Å². The van der Waals surface area contributed by atoms with Crippen LogP contribution in [-0.4, -0.2) is 33.6 Å². The Kier molecular flexibility index (Phi) is 4.31. The number of halogens is 1. The van der Waals surface area contributed by atoms with E-state index in [4.69, 9.17) is 16.0 Å². The van der Waals surface area contributed by atoms with Gasteiger partial charge >= 0.3 is 0 Å². The predicted molar refractivity (Wildman–Crippen MR) is 93.5 cm³/mol. The third kappa shape index (κ3) is 3.32. The quantitative estimate of drug-likeness (QED) is 0.774. The van der Waals surface area contributed by atoms with Gasteiger partial charge in [-0.05, 0) is 37.1 Å². The Morgan fingerprint density at radius 1 is 1.36 bits per heavy atom. The summed E-state index contributed by atoms with van der Waals surface area (Å²) in [5.74, 6) is 1.42. The molecular weight excluding hydrogens is 342 g/mol. The number of piperidine rings is 1. The van der Waals surface area contributed by atoms with Crippen LogP contribution in [0.25, 0.3) is 5.65 Å². The molecule has 0 saturated carbocycles. The zero-order valence-electron chi connectivity index (χ0n) is 13.6. The van der Waals surface area contributed by atoms with Crippen molar-refractivity contribution in [1.82, 2.24) is 19.9 Å². The minimum absolute atomic E-state index is 0.0351. The van der Waals surface area contributed by atoms with Gasteiger partial charge in [0.15, 0.2) is 5.65 Å². The lowest BCUT2D eigenvalue weighted by atomic mass is 9.97. The summed E-state index contributed by atoms with van der Waals surface area (Å²) in [6, 6.07) is 7.28. The third-order valence-electron chi connectivity index (χ3n) is 4.44. The van der Waals surface area contributed by atoms with Crippen molar-refractivity contribution in [1.29, 1.82) is 0 Å². The Labute approximate surface area is 149 Å².